The normalized spacial score (nSPS) is 18.9. The first kappa shape index (κ1) is 22.8. The van der Waals surface area contributed by atoms with Crippen LogP contribution in [-0.4, -0.2) is 24.2 Å². The molecule has 168 valence electrons. The van der Waals surface area contributed by atoms with Crippen LogP contribution >= 0.6 is 0 Å². The fourth-order valence-electron chi connectivity index (χ4n) is 4.15. The second-order valence-electron chi connectivity index (χ2n) is 9.23. The number of cyclic esters (lactones) is 1. The maximum atomic E-state index is 13.0. The summed E-state index contributed by atoms with van der Waals surface area (Å²) in [5.41, 5.74) is 6.07. The first-order chi connectivity index (χ1) is 15.9. The van der Waals surface area contributed by atoms with Gasteiger partial charge in [0.25, 0.3) is 0 Å². The number of benzene rings is 3. The summed E-state index contributed by atoms with van der Waals surface area (Å²) in [5, 5.41) is 12.0. The Morgan fingerprint density at radius 2 is 1.42 bits per heavy atom. The third-order valence-electron chi connectivity index (χ3n) is 5.85. The molecule has 0 spiro atoms. The Labute approximate surface area is 196 Å². The lowest BCUT2D eigenvalue weighted by Gasteiger charge is -2.25. The Morgan fingerprint density at radius 1 is 0.909 bits per heavy atom. The predicted molar refractivity (Wildman–Crippen MR) is 133 cm³/mol. The van der Waals surface area contributed by atoms with Crippen LogP contribution in [0.25, 0.3) is 0 Å². The highest BCUT2D eigenvalue weighted by Gasteiger charge is 2.42. The molecule has 0 aliphatic carbocycles. The molecule has 1 aliphatic heterocycles. The minimum absolute atomic E-state index is 0.328. The number of nitrogens with zero attached hydrogens (tertiary/aromatic N) is 1. The molecule has 33 heavy (non-hydrogen) atoms. The van der Waals surface area contributed by atoms with E-state index in [0.29, 0.717) is 0 Å². The van der Waals surface area contributed by atoms with Crippen LogP contribution in [0.5, 0.6) is 0 Å². The number of amides is 1. The fourth-order valence-corrected chi connectivity index (χ4v) is 5.64. The maximum Gasteiger partial charge on any atom is 0.415 e. The van der Waals surface area contributed by atoms with Gasteiger partial charge in [0.2, 0.25) is 0 Å². The fraction of sp³-hybridized carbons (Fsp3) is 0.214. The molecule has 0 saturated carbocycles. The van der Waals surface area contributed by atoms with Gasteiger partial charge in [-0.05, 0) is 21.9 Å². The topological polar surface area (TPSA) is 49.8 Å². The van der Waals surface area contributed by atoms with Crippen LogP contribution in [0.1, 0.15) is 34.9 Å². The van der Waals surface area contributed by atoms with Crippen molar-refractivity contribution in [1.29, 1.82) is 0 Å². The Kier molecular flexibility index (Phi) is 6.66. The lowest BCUT2D eigenvalue weighted by molar-refractivity contribution is 0.131. The summed E-state index contributed by atoms with van der Waals surface area (Å²) < 4.78 is 5.85. The summed E-state index contributed by atoms with van der Waals surface area (Å²) in [7, 11) is -1.96. The molecule has 3 aromatic carbocycles. The van der Waals surface area contributed by atoms with Crippen LogP contribution < -0.4 is 0 Å². The molecule has 1 N–H and O–H groups in total. The molecule has 0 aromatic heterocycles. The molecule has 1 amide bonds. The highest BCUT2D eigenvalue weighted by Crippen LogP contribution is 2.43. The third kappa shape index (κ3) is 5.01. The van der Waals surface area contributed by atoms with E-state index in [2.05, 4.69) is 25.4 Å². The predicted octanol–water partition coefficient (Wildman–Crippen LogP) is 6.57. The van der Waals surface area contributed by atoms with Gasteiger partial charge in [-0.1, -0.05) is 111 Å². The average Bonchev–Trinajstić information content (AvgIpc) is 3.16. The summed E-state index contributed by atoms with van der Waals surface area (Å²) in [6.45, 7) is 6.50. The van der Waals surface area contributed by atoms with E-state index in [9.17, 15) is 9.90 Å². The maximum absolute atomic E-state index is 13.0. The van der Waals surface area contributed by atoms with Crippen molar-refractivity contribution in [1.82, 2.24) is 4.90 Å². The average molecular weight is 456 g/mol. The van der Waals surface area contributed by atoms with E-state index in [1.165, 1.54) is 0 Å². The van der Waals surface area contributed by atoms with Gasteiger partial charge in [0.05, 0.1) is 14.3 Å². The van der Waals surface area contributed by atoms with Crippen molar-refractivity contribution < 1.29 is 14.6 Å². The first-order valence-corrected chi connectivity index (χ1v) is 14.7. The molecule has 4 nitrogen and oxygen atoms in total. The van der Waals surface area contributed by atoms with Gasteiger partial charge in [0, 0.05) is 0 Å². The zero-order valence-corrected chi connectivity index (χ0v) is 20.2. The van der Waals surface area contributed by atoms with Crippen LogP contribution in [0.3, 0.4) is 0 Å². The SMILES string of the molecule is C[Si](C)(C)C(=C=CN1C(=O)O[C@H](c2ccccc2)[C@@H]1c1ccccc1)[C@H](O)c1ccccc1. The van der Waals surface area contributed by atoms with Gasteiger partial charge < -0.3 is 9.84 Å². The number of aliphatic hydroxyl groups is 1. The van der Waals surface area contributed by atoms with Crippen molar-refractivity contribution in [3.05, 3.63) is 125 Å². The molecule has 1 aliphatic rings. The van der Waals surface area contributed by atoms with Gasteiger partial charge in [-0.15, -0.1) is 5.73 Å². The van der Waals surface area contributed by atoms with Gasteiger partial charge in [0.1, 0.15) is 12.1 Å². The second kappa shape index (κ2) is 9.63. The van der Waals surface area contributed by atoms with Crippen molar-refractivity contribution in [3.8, 4) is 0 Å². The molecule has 4 rings (SSSR count). The highest BCUT2D eigenvalue weighted by molar-refractivity contribution is 6.83. The molecule has 0 bridgehead atoms. The summed E-state index contributed by atoms with van der Waals surface area (Å²) in [5.74, 6) is 0. The van der Waals surface area contributed by atoms with E-state index in [4.69, 9.17) is 4.74 Å². The molecule has 5 heteroatoms. The lowest BCUT2D eigenvalue weighted by Crippen LogP contribution is -2.28. The molecule has 1 fully saturated rings. The summed E-state index contributed by atoms with van der Waals surface area (Å²) in [6.07, 6.45) is 0.0403. The zero-order chi connectivity index (χ0) is 23.4. The number of carbonyl (C=O) groups excluding carboxylic acids is 1. The van der Waals surface area contributed by atoms with Crippen LogP contribution in [0.4, 0.5) is 4.79 Å². The number of ether oxygens (including phenoxy) is 1. The van der Waals surface area contributed by atoms with Crippen LogP contribution in [-0.2, 0) is 4.74 Å². The molecule has 3 aromatic rings. The second-order valence-corrected chi connectivity index (χ2v) is 14.3. The van der Waals surface area contributed by atoms with Crippen molar-refractivity contribution in [2.24, 2.45) is 0 Å². The van der Waals surface area contributed by atoms with Gasteiger partial charge in [-0.25, -0.2) is 4.79 Å². The van der Waals surface area contributed by atoms with E-state index >= 15 is 0 Å². The molecule has 0 radical (unpaired) electrons. The highest BCUT2D eigenvalue weighted by atomic mass is 28.3. The Hall–Kier alpha value is -3.37. The lowest BCUT2D eigenvalue weighted by atomic mass is 9.96. The molecular weight excluding hydrogens is 426 g/mol. The Morgan fingerprint density at radius 3 is 1.97 bits per heavy atom. The van der Waals surface area contributed by atoms with Crippen molar-refractivity contribution in [3.63, 3.8) is 0 Å². The van der Waals surface area contributed by atoms with E-state index in [1.54, 1.807) is 11.1 Å². The zero-order valence-electron chi connectivity index (χ0n) is 19.2. The standard InChI is InChI=1S/C28H29NO3Si/c1-33(2,3)24(26(30)22-15-9-5-10-16-22)19-20-29-25(21-13-7-4-8-14-21)27(32-28(29)31)23-17-11-6-12-18-23/h4-18,20,25-27,30H,1-3H3/t19?,25-,26+,27+/m0/s1. The number of aliphatic hydroxyl groups excluding tert-OH is 1. The van der Waals surface area contributed by atoms with E-state index in [0.717, 1.165) is 21.9 Å². The summed E-state index contributed by atoms with van der Waals surface area (Å²) >= 11 is 0. The minimum atomic E-state index is -1.96. The van der Waals surface area contributed by atoms with Crippen LogP contribution in [0.15, 0.2) is 108 Å². The van der Waals surface area contributed by atoms with Crippen molar-refractivity contribution >= 4 is 14.2 Å². The van der Waals surface area contributed by atoms with Gasteiger partial charge in [-0.2, -0.15) is 0 Å². The van der Waals surface area contributed by atoms with Gasteiger partial charge >= 0.3 is 6.09 Å². The molecule has 1 heterocycles. The van der Waals surface area contributed by atoms with Gasteiger partial charge in [0.15, 0.2) is 6.10 Å². The molecule has 1 saturated heterocycles. The smallest absolute Gasteiger partial charge is 0.415 e. The molecule has 3 atom stereocenters. The summed E-state index contributed by atoms with van der Waals surface area (Å²) in [4.78, 5) is 14.6. The third-order valence-corrected chi connectivity index (χ3v) is 7.88. The van der Waals surface area contributed by atoms with Crippen LogP contribution in [0, 0.1) is 0 Å². The minimum Gasteiger partial charge on any atom is -0.438 e. The van der Waals surface area contributed by atoms with E-state index in [-0.39, 0.29) is 6.04 Å². The molecular formula is C28H29NO3Si. The van der Waals surface area contributed by atoms with Crippen molar-refractivity contribution in [2.75, 3.05) is 0 Å². The quantitative estimate of drug-likeness (QED) is 0.338. The first-order valence-electron chi connectivity index (χ1n) is 11.2. The number of carbonyl (C=O) groups is 1. The number of hydrogen-bond acceptors (Lipinski definition) is 3. The van der Waals surface area contributed by atoms with E-state index < -0.39 is 26.4 Å². The van der Waals surface area contributed by atoms with Gasteiger partial charge in [-0.3, -0.25) is 4.90 Å². The molecule has 0 unspecified atom stereocenters. The largest absolute Gasteiger partial charge is 0.438 e. The van der Waals surface area contributed by atoms with Crippen LogP contribution in [0.2, 0.25) is 19.6 Å². The number of rotatable bonds is 6. The monoisotopic (exact) mass is 455 g/mol. The van der Waals surface area contributed by atoms with E-state index in [1.807, 2.05) is 91.0 Å². The Balaban J connectivity index is 1.79. The van der Waals surface area contributed by atoms with Crippen molar-refractivity contribution in [2.45, 2.75) is 37.9 Å². The Bertz CT molecular complexity index is 1150. The summed E-state index contributed by atoms with van der Waals surface area (Å²) in [6, 6.07) is 28.9. The number of hydrogen-bond donors (Lipinski definition) is 1.